The van der Waals surface area contributed by atoms with E-state index in [1.807, 2.05) is 12.1 Å². The minimum Gasteiger partial charge on any atom is -0.455 e. The summed E-state index contributed by atoms with van der Waals surface area (Å²) in [5.74, 6) is 0.933. The monoisotopic (exact) mass is 453 g/mol. The van der Waals surface area contributed by atoms with Crippen LogP contribution in [-0.4, -0.2) is 4.99 Å². The Morgan fingerprint density at radius 3 is 2.40 bits per heavy atom. The molecule has 0 radical (unpaired) electrons. The molecule has 104 valence electrons. The van der Waals surface area contributed by atoms with E-state index in [4.69, 9.17) is 45.9 Å². The number of nitrogens with two attached hydrogens (primary N) is 1. The highest BCUT2D eigenvalue weighted by Crippen LogP contribution is 2.38. The van der Waals surface area contributed by atoms with Gasteiger partial charge in [0.1, 0.15) is 16.5 Å². The Labute approximate surface area is 148 Å². The van der Waals surface area contributed by atoms with Crippen molar-refractivity contribution in [1.29, 1.82) is 0 Å². The lowest BCUT2D eigenvalue weighted by Gasteiger charge is -2.13. The molecule has 0 fully saturated rings. The molecule has 20 heavy (non-hydrogen) atoms. The van der Waals surface area contributed by atoms with Crippen LogP contribution in [0, 0.1) is 0 Å². The van der Waals surface area contributed by atoms with Crippen molar-refractivity contribution in [3.8, 4) is 11.5 Å². The van der Waals surface area contributed by atoms with Crippen LogP contribution < -0.4 is 10.5 Å². The van der Waals surface area contributed by atoms with Crippen molar-refractivity contribution in [2.75, 3.05) is 0 Å². The largest absolute Gasteiger partial charge is 0.455 e. The van der Waals surface area contributed by atoms with E-state index in [1.165, 1.54) is 0 Å². The standard InChI is InChI=1S/C13H7Br2Cl2NOS/c14-6-2-1-3-10(12(6)13(18)20)19-11-5-8(16)7(15)4-9(11)17/h1-5H,(H2,18,20). The van der Waals surface area contributed by atoms with E-state index < -0.39 is 0 Å². The summed E-state index contributed by atoms with van der Waals surface area (Å²) < 4.78 is 7.23. The quantitative estimate of drug-likeness (QED) is 0.459. The lowest BCUT2D eigenvalue weighted by molar-refractivity contribution is 0.481. The number of benzene rings is 2. The van der Waals surface area contributed by atoms with E-state index in [-0.39, 0.29) is 4.99 Å². The normalized spacial score (nSPS) is 10.4. The number of thiocarbonyl (C=S) groups is 1. The first kappa shape index (κ1) is 16.0. The maximum Gasteiger partial charge on any atom is 0.147 e. The molecule has 0 bridgehead atoms. The summed E-state index contributed by atoms with van der Waals surface area (Å²) in [5.41, 5.74) is 6.32. The second-order valence-electron chi connectivity index (χ2n) is 3.78. The van der Waals surface area contributed by atoms with Gasteiger partial charge in [0.2, 0.25) is 0 Å². The van der Waals surface area contributed by atoms with Crippen LogP contribution in [0.4, 0.5) is 0 Å². The maximum absolute atomic E-state index is 6.13. The molecule has 0 unspecified atom stereocenters. The highest BCUT2D eigenvalue weighted by Gasteiger charge is 2.14. The summed E-state index contributed by atoms with van der Waals surface area (Å²) in [6.07, 6.45) is 0. The Bertz CT molecular complexity index is 694. The van der Waals surface area contributed by atoms with Gasteiger partial charge in [0.25, 0.3) is 0 Å². The Kier molecular flexibility index (Phi) is 5.31. The Hall–Kier alpha value is -0.330. The number of hydrogen-bond donors (Lipinski definition) is 1. The van der Waals surface area contributed by atoms with E-state index in [2.05, 4.69) is 31.9 Å². The van der Waals surface area contributed by atoms with Crippen molar-refractivity contribution in [2.24, 2.45) is 5.73 Å². The third-order valence-electron chi connectivity index (χ3n) is 2.42. The summed E-state index contributed by atoms with van der Waals surface area (Å²) in [6, 6.07) is 8.69. The van der Waals surface area contributed by atoms with Crippen LogP contribution in [0.25, 0.3) is 0 Å². The minimum absolute atomic E-state index is 0.229. The van der Waals surface area contributed by atoms with Gasteiger partial charge in [-0.3, -0.25) is 0 Å². The van der Waals surface area contributed by atoms with Gasteiger partial charge >= 0.3 is 0 Å². The molecule has 0 amide bonds. The van der Waals surface area contributed by atoms with E-state index in [0.717, 1.165) is 4.47 Å². The highest BCUT2D eigenvalue weighted by molar-refractivity contribution is 9.10. The molecule has 0 spiro atoms. The van der Waals surface area contributed by atoms with Gasteiger partial charge < -0.3 is 10.5 Å². The fraction of sp³-hybridized carbons (Fsp3) is 0. The molecule has 2 aromatic rings. The molecule has 2 N–H and O–H groups in total. The molecule has 2 aromatic carbocycles. The zero-order valence-electron chi connectivity index (χ0n) is 9.79. The third kappa shape index (κ3) is 3.46. The average molecular weight is 456 g/mol. The summed E-state index contributed by atoms with van der Waals surface area (Å²) in [6.45, 7) is 0. The van der Waals surface area contributed by atoms with Gasteiger partial charge in [-0.05, 0) is 50.1 Å². The van der Waals surface area contributed by atoms with E-state index in [1.54, 1.807) is 18.2 Å². The zero-order chi connectivity index (χ0) is 14.9. The first-order chi connectivity index (χ1) is 9.40. The van der Waals surface area contributed by atoms with Crippen LogP contribution in [0.5, 0.6) is 11.5 Å². The van der Waals surface area contributed by atoms with Crippen molar-refractivity contribution in [1.82, 2.24) is 0 Å². The lowest BCUT2D eigenvalue weighted by Crippen LogP contribution is -2.11. The fourth-order valence-corrected chi connectivity index (χ4v) is 3.26. The van der Waals surface area contributed by atoms with Crippen molar-refractivity contribution >= 4 is 72.3 Å². The topological polar surface area (TPSA) is 35.2 Å². The van der Waals surface area contributed by atoms with Crippen LogP contribution in [0.1, 0.15) is 5.56 Å². The van der Waals surface area contributed by atoms with Gasteiger partial charge in [0, 0.05) is 15.0 Å². The molecule has 0 aliphatic carbocycles. The maximum atomic E-state index is 6.13. The molecular formula is C13H7Br2Cl2NOS. The molecule has 0 aliphatic rings. The summed E-state index contributed by atoms with van der Waals surface area (Å²) in [4.78, 5) is 0.229. The highest BCUT2D eigenvalue weighted by atomic mass is 79.9. The molecule has 0 heterocycles. The van der Waals surface area contributed by atoms with Gasteiger partial charge in [0.15, 0.2) is 0 Å². The van der Waals surface area contributed by atoms with E-state index in [9.17, 15) is 0 Å². The molecule has 0 saturated carbocycles. The second-order valence-corrected chi connectivity index (χ2v) is 6.74. The Balaban J connectivity index is 2.48. The van der Waals surface area contributed by atoms with Crippen LogP contribution in [0.15, 0.2) is 39.3 Å². The van der Waals surface area contributed by atoms with Crippen LogP contribution in [0.3, 0.4) is 0 Å². The first-order valence-electron chi connectivity index (χ1n) is 5.31. The van der Waals surface area contributed by atoms with Gasteiger partial charge in [-0.25, -0.2) is 0 Å². The van der Waals surface area contributed by atoms with Crippen LogP contribution in [0.2, 0.25) is 10.0 Å². The van der Waals surface area contributed by atoms with Crippen molar-refractivity contribution in [3.63, 3.8) is 0 Å². The van der Waals surface area contributed by atoms with Gasteiger partial charge in [-0.15, -0.1) is 0 Å². The van der Waals surface area contributed by atoms with Crippen LogP contribution in [-0.2, 0) is 0 Å². The zero-order valence-corrected chi connectivity index (χ0v) is 15.3. The molecular weight excluding hydrogens is 449 g/mol. The molecule has 0 saturated heterocycles. The molecule has 0 aliphatic heterocycles. The van der Waals surface area contributed by atoms with Gasteiger partial charge in [-0.2, -0.15) is 0 Å². The molecule has 0 atom stereocenters. The summed E-state index contributed by atoms with van der Waals surface area (Å²) >= 11 is 23.9. The molecule has 7 heteroatoms. The third-order valence-corrected chi connectivity index (χ3v) is 4.77. The molecule has 0 aromatic heterocycles. The first-order valence-corrected chi connectivity index (χ1v) is 8.06. The van der Waals surface area contributed by atoms with Gasteiger partial charge in [0.05, 0.1) is 15.6 Å². The predicted molar refractivity (Wildman–Crippen MR) is 94.3 cm³/mol. The number of rotatable bonds is 3. The average Bonchev–Trinajstić information content (AvgIpc) is 2.35. The second kappa shape index (κ2) is 6.62. The fourth-order valence-electron chi connectivity index (χ4n) is 1.53. The molecule has 2 rings (SSSR count). The minimum atomic E-state index is 0.229. The van der Waals surface area contributed by atoms with Gasteiger partial charge in [-0.1, -0.05) is 41.5 Å². The summed E-state index contributed by atoms with van der Waals surface area (Å²) in [5, 5.41) is 0.923. The van der Waals surface area contributed by atoms with Crippen molar-refractivity contribution in [3.05, 3.63) is 54.9 Å². The van der Waals surface area contributed by atoms with Crippen molar-refractivity contribution < 1.29 is 4.74 Å². The van der Waals surface area contributed by atoms with E-state index >= 15 is 0 Å². The number of ether oxygens (including phenoxy) is 1. The van der Waals surface area contributed by atoms with Crippen molar-refractivity contribution in [2.45, 2.75) is 0 Å². The molecule has 2 nitrogen and oxygen atoms in total. The predicted octanol–water partition coefficient (Wildman–Crippen LogP) is 5.94. The Morgan fingerprint density at radius 2 is 1.75 bits per heavy atom. The lowest BCUT2D eigenvalue weighted by atomic mass is 10.2. The number of hydrogen-bond acceptors (Lipinski definition) is 2. The summed E-state index contributed by atoms with van der Waals surface area (Å²) in [7, 11) is 0. The number of halogens is 4. The smallest absolute Gasteiger partial charge is 0.147 e. The SMILES string of the molecule is NC(=S)c1c(Br)cccc1Oc1cc(Cl)c(Br)cc1Cl. The Morgan fingerprint density at radius 1 is 1.05 bits per heavy atom. The van der Waals surface area contributed by atoms with Crippen LogP contribution >= 0.6 is 67.3 Å². The van der Waals surface area contributed by atoms with E-state index in [0.29, 0.717) is 31.6 Å².